The third-order valence-corrected chi connectivity index (χ3v) is 5.39. The zero-order valence-corrected chi connectivity index (χ0v) is 15.5. The second-order valence-corrected chi connectivity index (χ2v) is 7.63. The van der Waals surface area contributed by atoms with E-state index in [4.69, 9.17) is 9.47 Å². The van der Waals surface area contributed by atoms with Crippen molar-refractivity contribution in [3.63, 3.8) is 0 Å². The van der Waals surface area contributed by atoms with Crippen molar-refractivity contribution in [3.8, 4) is 0 Å². The number of ether oxygens (including phenoxy) is 2. The highest BCUT2D eigenvalue weighted by Gasteiger charge is 2.57. The minimum atomic E-state index is -0.450. The summed E-state index contributed by atoms with van der Waals surface area (Å²) in [7, 11) is 0. The van der Waals surface area contributed by atoms with Crippen molar-refractivity contribution < 1.29 is 19.1 Å². The molecule has 3 rings (SSSR count). The molecule has 1 fully saturated rings. The molecule has 0 unspecified atom stereocenters. The van der Waals surface area contributed by atoms with Crippen molar-refractivity contribution in [1.29, 1.82) is 0 Å². The van der Waals surface area contributed by atoms with Crippen molar-refractivity contribution in [1.82, 2.24) is 4.90 Å². The molecule has 134 valence electrons. The Kier molecular flexibility index (Phi) is 4.35. The van der Waals surface area contributed by atoms with Crippen LogP contribution in [0.25, 0.3) is 0 Å². The van der Waals surface area contributed by atoms with Gasteiger partial charge in [-0.3, -0.25) is 9.69 Å². The normalized spacial score (nSPS) is 22.9. The summed E-state index contributed by atoms with van der Waals surface area (Å²) < 4.78 is 10.9. The van der Waals surface area contributed by atoms with Gasteiger partial charge in [0.25, 0.3) is 0 Å². The molecule has 2 aliphatic rings. The lowest BCUT2D eigenvalue weighted by atomic mass is 9.82. The molecule has 1 amide bonds. The fourth-order valence-corrected chi connectivity index (χ4v) is 3.69. The Hall–Kier alpha value is -2.30. The van der Waals surface area contributed by atoms with Gasteiger partial charge >= 0.3 is 12.1 Å². The van der Waals surface area contributed by atoms with Crippen LogP contribution in [0.2, 0.25) is 0 Å². The van der Waals surface area contributed by atoms with Crippen LogP contribution in [0.5, 0.6) is 0 Å². The maximum atomic E-state index is 12.4. The summed E-state index contributed by atoms with van der Waals surface area (Å²) in [4.78, 5) is 26.1. The Morgan fingerprint density at radius 1 is 1.24 bits per heavy atom. The molecule has 1 aliphatic heterocycles. The van der Waals surface area contributed by atoms with Gasteiger partial charge in [0, 0.05) is 5.41 Å². The zero-order valence-electron chi connectivity index (χ0n) is 15.5. The number of esters is 1. The maximum Gasteiger partial charge on any atom is 0.411 e. The summed E-state index contributed by atoms with van der Waals surface area (Å²) in [5, 5.41) is 0. The average molecular weight is 343 g/mol. The van der Waals surface area contributed by atoms with E-state index in [0.717, 1.165) is 22.3 Å². The summed E-state index contributed by atoms with van der Waals surface area (Å²) in [6.07, 6.45) is -0.778. The van der Waals surface area contributed by atoms with Crippen LogP contribution >= 0.6 is 0 Å². The van der Waals surface area contributed by atoms with Crippen LogP contribution in [-0.2, 0) is 19.7 Å². The topological polar surface area (TPSA) is 55.8 Å². The van der Waals surface area contributed by atoms with E-state index in [0.29, 0.717) is 0 Å². The predicted molar refractivity (Wildman–Crippen MR) is 94.2 cm³/mol. The van der Waals surface area contributed by atoms with Gasteiger partial charge in [0.2, 0.25) is 0 Å². The third-order valence-electron chi connectivity index (χ3n) is 5.39. The molecule has 1 aromatic carbocycles. The lowest BCUT2D eigenvalue weighted by Gasteiger charge is -2.32. The zero-order chi connectivity index (χ0) is 18.4. The first-order valence-electron chi connectivity index (χ1n) is 8.58. The highest BCUT2D eigenvalue weighted by molar-refractivity contribution is 5.80. The SMILES string of the molecule is CC(C)=C(C)COC(=O)CN1C(=O)O[C@@H]2c3ccccc3C(C)(C)[C@@H]21. The number of benzene rings is 1. The van der Waals surface area contributed by atoms with Gasteiger partial charge in [-0.1, -0.05) is 43.7 Å². The average Bonchev–Trinajstić information content (AvgIpc) is 2.99. The molecule has 2 atom stereocenters. The number of allylic oxidation sites excluding steroid dienone is 1. The number of amides is 1. The first-order valence-corrected chi connectivity index (χ1v) is 8.58. The molecule has 1 saturated heterocycles. The molecular formula is C20H25NO4. The molecule has 0 saturated carbocycles. The Bertz CT molecular complexity index is 746. The predicted octanol–water partition coefficient (Wildman–Crippen LogP) is 3.74. The molecule has 5 heteroatoms. The molecule has 1 aromatic rings. The van der Waals surface area contributed by atoms with Crippen LogP contribution < -0.4 is 0 Å². The quantitative estimate of drug-likeness (QED) is 0.617. The van der Waals surface area contributed by atoms with Crippen molar-refractivity contribution in [3.05, 3.63) is 46.5 Å². The van der Waals surface area contributed by atoms with E-state index in [2.05, 4.69) is 19.9 Å². The summed E-state index contributed by atoms with van der Waals surface area (Å²) in [5.74, 6) is -0.412. The molecule has 1 aliphatic carbocycles. The minimum absolute atomic E-state index is 0.0898. The number of carbonyl (C=O) groups excluding carboxylic acids is 2. The van der Waals surface area contributed by atoms with E-state index in [1.165, 1.54) is 4.90 Å². The van der Waals surface area contributed by atoms with E-state index in [-0.39, 0.29) is 30.7 Å². The maximum absolute atomic E-state index is 12.4. The van der Waals surface area contributed by atoms with E-state index < -0.39 is 12.1 Å². The molecule has 5 nitrogen and oxygen atoms in total. The molecule has 0 radical (unpaired) electrons. The van der Waals surface area contributed by atoms with Gasteiger partial charge in [-0.25, -0.2) is 4.79 Å². The van der Waals surface area contributed by atoms with Crippen LogP contribution in [0.1, 0.15) is 51.8 Å². The molecule has 0 aromatic heterocycles. The van der Waals surface area contributed by atoms with Crippen molar-refractivity contribution in [2.24, 2.45) is 0 Å². The van der Waals surface area contributed by atoms with Gasteiger partial charge in [0.05, 0.1) is 6.04 Å². The van der Waals surface area contributed by atoms with Gasteiger partial charge < -0.3 is 9.47 Å². The molecule has 0 spiro atoms. The largest absolute Gasteiger partial charge is 0.460 e. The van der Waals surface area contributed by atoms with Gasteiger partial charge in [-0.15, -0.1) is 0 Å². The van der Waals surface area contributed by atoms with Crippen LogP contribution in [-0.4, -0.2) is 36.2 Å². The lowest BCUT2D eigenvalue weighted by Crippen LogP contribution is -2.46. The molecular weight excluding hydrogens is 318 g/mol. The number of fused-ring (bicyclic) bond motifs is 3. The minimum Gasteiger partial charge on any atom is -0.460 e. The van der Waals surface area contributed by atoms with Crippen LogP contribution in [0.4, 0.5) is 4.79 Å². The summed E-state index contributed by atoms with van der Waals surface area (Å²) in [6, 6.07) is 7.80. The Labute approximate surface area is 148 Å². The second-order valence-electron chi connectivity index (χ2n) is 7.63. The fraction of sp³-hybridized carbons (Fsp3) is 0.500. The van der Waals surface area contributed by atoms with Crippen molar-refractivity contribution in [2.45, 2.75) is 52.2 Å². The van der Waals surface area contributed by atoms with Crippen LogP contribution in [0.15, 0.2) is 35.4 Å². The number of rotatable bonds is 4. The van der Waals surface area contributed by atoms with Crippen molar-refractivity contribution >= 4 is 12.1 Å². The van der Waals surface area contributed by atoms with Gasteiger partial charge in [0.15, 0.2) is 6.10 Å². The van der Waals surface area contributed by atoms with E-state index >= 15 is 0 Å². The first kappa shape index (κ1) is 17.5. The third kappa shape index (κ3) is 2.92. The number of nitrogens with zero attached hydrogens (tertiary/aromatic N) is 1. The molecule has 0 bridgehead atoms. The lowest BCUT2D eigenvalue weighted by molar-refractivity contribution is -0.143. The van der Waals surface area contributed by atoms with Crippen LogP contribution in [0, 0.1) is 0 Å². The highest BCUT2D eigenvalue weighted by atomic mass is 16.6. The molecule has 25 heavy (non-hydrogen) atoms. The van der Waals surface area contributed by atoms with Crippen LogP contribution in [0.3, 0.4) is 0 Å². The van der Waals surface area contributed by atoms with Crippen molar-refractivity contribution in [2.75, 3.05) is 13.2 Å². The van der Waals surface area contributed by atoms with Gasteiger partial charge in [-0.2, -0.15) is 0 Å². The van der Waals surface area contributed by atoms with E-state index in [9.17, 15) is 9.59 Å². The smallest absolute Gasteiger partial charge is 0.411 e. The highest BCUT2D eigenvalue weighted by Crippen LogP contribution is 2.52. The van der Waals surface area contributed by atoms with Gasteiger partial charge in [-0.05, 0) is 37.5 Å². The van der Waals surface area contributed by atoms with E-state index in [1.54, 1.807) is 0 Å². The summed E-state index contributed by atoms with van der Waals surface area (Å²) >= 11 is 0. The second kappa shape index (κ2) is 6.21. The Morgan fingerprint density at radius 2 is 1.92 bits per heavy atom. The Morgan fingerprint density at radius 3 is 2.60 bits per heavy atom. The summed E-state index contributed by atoms with van der Waals surface area (Å²) in [5.41, 5.74) is 4.05. The molecule has 0 N–H and O–H groups in total. The standard InChI is InChI=1S/C20H25NO4/c1-12(2)13(3)11-24-16(22)10-21-18-17(25-19(21)23)14-8-6-7-9-15(14)20(18,4)5/h6-9,17-18H,10-11H2,1-5H3/t17-,18-/m1/s1. The number of hydrogen-bond donors (Lipinski definition) is 0. The fourth-order valence-electron chi connectivity index (χ4n) is 3.69. The first-order chi connectivity index (χ1) is 11.7. The van der Waals surface area contributed by atoms with E-state index in [1.807, 2.05) is 39.0 Å². The summed E-state index contributed by atoms with van der Waals surface area (Å²) in [6.45, 7) is 10.2. The number of hydrogen-bond acceptors (Lipinski definition) is 4. The number of carbonyl (C=O) groups is 2. The molecule has 1 heterocycles. The monoisotopic (exact) mass is 343 g/mol. The van der Waals surface area contributed by atoms with Gasteiger partial charge in [0.1, 0.15) is 13.2 Å². The Balaban J connectivity index is 1.77.